The Hall–Kier alpha value is -0.800. The number of nitrogens with one attached hydrogen (secondary N) is 1. The number of benzene rings is 1. The first-order valence-corrected chi connectivity index (χ1v) is 5.93. The zero-order valence-electron chi connectivity index (χ0n) is 9.18. The number of amides is 1. The maximum Gasteiger partial charge on any atom is 0.234 e. The highest BCUT2D eigenvalue weighted by Gasteiger charge is 2.29. The largest absolute Gasteiger partial charge is 0.325 e. The molecule has 0 atom stereocenters. The van der Waals surface area contributed by atoms with Crippen LogP contribution in [0.3, 0.4) is 0 Å². The van der Waals surface area contributed by atoms with Crippen LogP contribution in [-0.4, -0.2) is 5.91 Å². The van der Waals surface area contributed by atoms with Crippen LogP contribution in [0.4, 0.5) is 5.69 Å². The summed E-state index contributed by atoms with van der Waals surface area (Å²) in [6.45, 7) is 7.33. The van der Waals surface area contributed by atoms with Crippen LogP contribution >= 0.6 is 27.5 Å². The van der Waals surface area contributed by atoms with Crippen molar-refractivity contribution in [1.82, 2.24) is 0 Å². The predicted molar refractivity (Wildman–Crippen MR) is 71.9 cm³/mol. The predicted octanol–water partition coefficient (Wildman–Crippen LogP) is 4.21. The average molecular weight is 303 g/mol. The second-order valence-corrected chi connectivity index (χ2v) is 5.39. The molecule has 0 fully saturated rings. The van der Waals surface area contributed by atoms with E-state index < -0.39 is 5.41 Å². The van der Waals surface area contributed by atoms with Crippen LogP contribution in [0.5, 0.6) is 0 Å². The van der Waals surface area contributed by atoms with Crippen molar-refractivity contribution in [2.75, 3.05) is 5.32 Å². The number of hydrogen-bond acceptors (Lipinski definition) is 1. The van der Waals surface area contributed by atoms with E-state index in [2.05, 4.69) is 27.8 Å². The molecule has 2 nitrogen and oxygen atoms in total. The van der Waals surface area contributed by atoms with Crippen LogP contribution in [0.2, 0.25) is 5.02 Å². The summed E-state index contributed by atoms with van der Waals surface area (Å²) in [6.07, 6.45) is 0. The minimum absolute atomic E-state index is 0.128. The van der Waals surface area contributed by atoms with Crippen LogP contribution in [-0.2, 0) is 4.79 Å². The third-order valence-electron chi connectivity index (χ3n) is 2.33. The van der Waals surface area contributed by atoms with E-state index in [9.17, 15) is 4.79 Å². The van der Waals surface area contributed by atoms with Crippen molar-refractivity contribution < 1.29 is 4.79 Å². The van der Waals surface area contributed by atoms with E-state index in [-0.39, 0.29) is 5.91 Å². The van der Waals surface area contributed by atoms with Crippen LogP contribution in [0.1, 0.15) is 13.8 Å². The van der Waals surface area contributed by atoms with E-state index in [1.807, 2.05) is 0 Å². The molecule has 1 aromatic carbocycles. The third-order valence-corrected chi connectivity index (χ3v) is 3.55. The number of hydrogen-bond donors (Lipinski definition) is 1. The van der Waals surface area contributed by atoms with Gasteiger partial charge in [0.25, 0.3) is 0 Å². The molecule has 0 saturated heterocycles. The van der Waals surface area contributed by atoms with Gasteiger partial charge in [-0.3, -0.25) is 4.79 Å². The molecule has 0 aliphatic rings. The van der Waals surface area contributed by atoms with E-state index in [0.29, 0.717) is 15.2 Å². The molecule has 0 heterocycles. The molecule has 86 valence electrons. The zero-order valence-corrected chi connectivity index (χ0v) is 11.5. The highest BCUT2D eigenvalue weighted by atomic mass is 79.9. The molecule has 4 heteroatoms. The second-order valence-electron chi connectivity index (χ2n) is 3.99. The Labute approximate surface area is 109 Å². The van der Waals surface area contributed by atoms with E-state index in [1.165, 1.54) is 0 Å². The SMILES string of the molecule is C=C(Br)C(C)(C)C(=O)Nc1cccc(Cl)c1. The number of rotatable bonds is 3. The lowest BCUT2D eigenvalue weighted by atomic mass is 9.92. The summed E-state index contributed by atoms with van der Waals surface area (Å²) >= 11 is 9.07. The summed E-state index contributed by atoms with van der Waals surface area (Å²) < 4.78 is 0.638. The molecule has 16 heavy (non-hydrogen) atoms. The third kappa shape index (κ3) is 3.09. The van der Waals surface area contributed by atoms with Gasteiger partial charge in [-0.15, -0.1) is 0 Å². The Morgan fingerprint density at radius 1 is 1.50 bits per heavy atom. The van der Waals surface area contributed by atoms with Crippen molar-refractivity contribution in [3.8, 4) is 0 Å². The minimum atomic E-state index is -0.664. The number of anilines is 1. The van der Waals surface area contributed by atoms with Crippen LogP contribution in [0, 0.1) is 5.41 Å². The van der Waals surface area contributed by atoms with Gasteiger partial charge in [0.15, 0.2) is 0 Å². The van der Waals surface area contributed by atoms with Crippen LogP contribution < -0.4 is 5.32 Å². The van der Waals surface area contributed by atoms with E-state index in [0.717, 1.165) is 0 Å². The smallest absolute Gasteiger partial charge is 0.234 e. The van der Waals surface area contributed by atoms with E-state index in [4.69, 9.17) is 11.6 Å². The monoisotopic (exact) mass is 301 g/mol. The molecule has 1 N–H and O–H groups in total. The van der Waals surface area contributed by atoms with Gasteiger partial charge in [-0.1, -0.05) is 40.2 Å². The van der Waals surface area contributed by atoms with Gasteiger partial charge in [0.2, 0.25) is 5.91 Å². The van der Waals surface area contributed by atoms with E-state index in [1.54, 1.807) is 38.1 Å². The van der Waals surface area contributed by atoms with Gasteiger partial charge < -0.3 is 5.32 Å². The van der Waals surface area contributed by atoms with Crippen molar-refractivity contribution >= 4 is 39.1 Å². The van der Waals surface area contributed by atoms with Gasteiger partial charge in [0.05, 0.1) is 5.41 Å². The fourth-order valence-corrected chi connectivity index (χ4v) is 1.35. The number of carbonyl (C=O) groups excluding carboxylic acids is 1. The lowest BCUT2D eigenvalue weighted by Crippen LogP contribution is -2.30. The summed E-state index contributed by atoms with van der Waals surface area (Å²) in [5, 5.41) is 3.38. The summed E-state index contributed by atoms with van der Waals surface area (Å²) in [6, 6.07) is 7.03. The molecule has 0 saturated carbocycles. The summed E-state index contributed by atoms with van der Waals surface area (Å²) in [7, 11) is 0. The fourth-order valence-electron chi connectivity index (χ4n) is 0.977. The Morgan fingerprint density at radius 2 is 2.12 bits per heavy atom. The standard InChI is InChI=1S/C12H13BrClNO/c1-8(13)12(2,3)11(16)15-10-6-4-5-9(14)7-10/h4-7H,1H2,2-3H3,(H,15,16). The lowest BCUT2D eigenvalue weighted by molar-refractivity contribution is -0.121. The second kappa shape index (κ2) is 5.02. The molecule has 0 bridgehead atoms. The molecule has 0 unspecified atom stereocenters. The Bertz CT molecular complexity index is 429. The molecule has 0 aliphatic carbocycles. The van der Waals surface area contributed by atoms with Gasteiger partial charge in [-0.25, -0.2) is 0 Å². The van der Waals surface area contributed by atoms with Crippen molar-refractivity contribution in [1.29, 1.82) is 0 Å². The normalized spacial score (nSPS) is 11.0. The summed E-state index contributed by atoms with van der Waals surface area (Å²) in [5.74, 6) is -0.128. The van der Waals surface area contributed by atoms with Crippen molar-refractivity contribution in [3.05, 3.63) is 40.3 Å². The minimum Gasteiger partial charge on any atom is -0.325 e. The molecular weight excluding hydrogens is 289 g/mol. The number of halogens is 2. The van der Waals surface area contributed by atoms with Gasteiger partial charge in [-0.2, -0.15) is 0 Å². The highest BCUT2D eigenvalue weighted by molar-refractivity contribution is 9.11. The molecule has 0 aromatic heterocycles. The first-order valence-electron chi connectivity index (χ1n) is 4.76. The maximum atomic E-state index is 11.9. The van der Waals surface area contributed by atoms with Gasteiger partial charge in [0, 0.05) is 15.2 Å². The molecule has 1 amide bonds. The van der Waals surface area contributed by atoms with Gasteiger partial charge >= 0.3 is 0 Å². The van der Waals surface area contributed by atoms with Crippen molar-refractivity contribution in [2.45, 2.75) is 13.8 Å². The summed E-state index contributed by atoms with van der Waals surface area (Å²) in [5.41, 5.74) is 0.0156. The van der Waals surface area contributed by atoms with Crippen LogP contribution in [0.25, 0.3) is 0 Å². The highest BCUT2D eigenvalue weighted by Crippen LogP contribution is 2.31. The van der Waals surface area contributed by atoms with Crippen molar-refractivity contribution in [2.24, 2.45) is 5.41 Å². The first-order chi connectivity index (χ1) is 7.34. The Balaban J connectivity index is 2.83. The topological polar surface area (TPSA) is 29.1 Å². The van der Waals surface area contributed by atoms with Crippen LogP contribution in [0.15, 0.2) is 35.3 Å². The molecular formula is C12H13BrClNO. The number of carbonyl (C=O) groups is 1. The quantitative estimate of drug-likeness (QED) is 0.890. The first kappa shape index (κ1) is 13.3. The molecule has 0 spiro atoms. The molecule has 0 radical (unpaired) electrons. The van der Waals surface area contributed by atoms with Gasteiger partial charge in [-0.05, 0) is 32.0 Å². The Morgan fingerprint density at radius 3 is 2.62 bits per heavy atom. The zero-order chi connectivity index (χ0) is 12.3. The van der Waals surface area contributed by atoms with E-state index >= 15 is 0 Å². The van der Waals surface area contributed by atoms with Gasteiger partial charge in [0.1, 0.15) is 0 Å². The lowest BCUT2D eigenvalue weighted by Gasteiger charge is -2.22. The molecule has 1 aromatic rings. The summed E-state index contributed by atoms with van der Waals surface area (Å²) in [4.78, 5) is 11.9. The molecule has 0 aliphatic heterocycles. The average Bonchev–Trinajstić information content (AvgIpc) is 2.17. The Kier molecular flexibility index (Phi) is 4.16. The molecule has 1 rings (SSSR count). The fraction of sp³-hybridized carbons (Fsp3) is 0.250. The maximum absolute atomic E-state index is 11.9. The van der Waals surface area contributed by atoms with Crippen molar-refractivity contribution in [3.63, 3.8) is 0 Å².